The molecule has 0 radical (unpaired) electrons. The Morgan fingerprint density at radius 2 is 1.71 bits per heavy atom. The molecule has 31 heavy (non-hydrogen) atoms. The molecule has 3 heterocycles. The van der Waals surface area contributed by atoms with Gasteiger partial charge in [-0.25, -0.2) is 0 Å². The lowest BCUT2D eigenvalue weighted by Gasteiger charge is -2.51. The number of aliphatic imine (C=N–C) groups is 1. The monoisotopic (exact) mass is 414 g/mol. The zero-order valence-electron chi connectivity index (χ0n) is 17.9. The summed E-state index contributed by atoms with van der Waals surface area (Å²) < 4.78 is 0. The number of carbonyl (C=O) groups excluding carboxylic acids is 1. The van der Waals surface area contributed by atoms with Gasteiger partial charge in [0.15, 0.2) is 0 Å². The van der Waals surface area contributed by atoms with Crippen LogP contribution in [0.3, 0.4) is 0 Å². The molecule has 3 aliphatic heterocycles. The number of fused-ring (bicyclic) bond motifs is 1. The molecule has 3 fully saturated rings. The minimum atomic E-state index is -0.182. The molecule has 0 bridgehead atoms. The predicted molar refractivity (Wildman–Crippen MR) is 124 cm³/mol. The summed E-state index contributed by atoms with van der Waals surface area (Å²) in [6, 6.07) is 19.4. The summed E-state index contributed by atoms with van der Waals surface area (Å²) in [4.78, 5) is 20.0. The first-order valence-electron chi connectivity index (χ1n) is 11.7. The second-order valence-corrected chi connectivity index (χ2v) is 9.72. The summed E-state index contributed by atoms with van der Waals surface area (Å²) in [6.07, 6.45) is 6.06. The van der Waals surface area contributed by atoms with Crippen molar-refractivity contribution < 1.29 is 4.79 Å². The zero-order chi connectivity index (χ0) is 20.8. The third-order valence-corrected chi connectivity index (χ3v) is 7.84. The van der Waals surface area contributed by atoms with Gasteiger partial charge in [-0.05, 0) is 61.6 Å². The molecule has 1 amide bonds. The molecule has 5 heteroatoms. The van der Waals surface area contributed by atoms with Crippen LogP contribution in [0.2, 0.25) is 0 Å². The highest BCUT2D eigenvalue weighted by molar-refractivity contribution is 6.09. The van der Waals surface area contributed by atoms with Gasteiger partial charge in [-0.2, -0.15) is 0 Å². The lowest BCUT2D eigenvalue weighted by molar-refractivity contribution is -0.132. The Labute approximate surface area is 183 Å². The van der Waals surface area contributed by atoms with Crippen LogP contribution in [0.15, 0.2) is 59.6 Å². The van der Waals surface area contributed by atoms with Crippen molar-refractivity contribution in [3.63, 3.8) is 0 Å². The van der Waals surface area contributed by atoms with E-state index in [0.717, 1.165) is 56.6 Å². The lowest BCUT2D eigenvalue weighted by atomic mass is 9.65. The largest absolute Gasteiger partial charge is 0.371 e. The number of rotatable bonds is 2. The number of amidine groups is 1. The zero-order valence-corrected chi connectivity index (χ0v) is 17.9. The second-order valence-electron chi connectivity index (χ2n) is 9.72. The van der Waals surface area contributed by atoms with Crippen molar-refractivity contribution in [1.82, 2.24) is 4.90 Å². The van der Waals surface area contributed by atoms with Crippen LogP contribution in [0, 0.1) is 11.8 Å². The number of benzene rings is 2. The van der Waals surface area contributed by atoms with Gasteiger partial charge in [-0.1, -0.05) is 42.5 Å². The van der Waals surface area contributed by atoms with Crippen LogP contribution in [0.25, 0.3) is 0 Å². The quantitative estimate of drug-likeness (QED) is 0.751. The highest BCUT2D eigenvalue weighted by atomic mass is 16.2. The molecule has 160 valence electrons. The van der Waals surface area contributed by atoms with Crippen LogP contribution in [0.4, 0.5) is 11.4 Å². The first-order chi connectivity index (χ1) is 15.2. The number of nitrogens with one attached hydrogen (secondary N) is 2. The predicted octanol–water partition coefficient (Wildman–Crippen LogP) is 4.67. The van der Waals surface area contributed by atoms with Crippen LogP contribution in [-0.2, 0) is 11.3 Å². The van der Waals surface area contributed by atoms with E-state index in [1.54, 1.807) is 0 Å². The number of nitrogens with zero attached hydrogens (tertiary/aromatic N) is 2. The highest BCUT2D eigenvalue weighted by Gasteiger charge is 2.55. The molecule has 1 saturated carbocycles. The van der Waals surface area contributed by atoms with Crippen molar-refractivity contribution in [2.75, 3.05) is 17.2 Å². The van der Waals surface area contributed by atoms with Gasteiger partial charge in [0.2, 0.25) is 5.91 Å². The van der Waals surface area contributed by atoms with Gasteiger partial charge in [-0.15, -0.1) is 0 Å². The number of hydrogen-bond acceptors (Lipinski definition) is 3. The molecular formula is C26H30N4O. The van der Waals surface area contributed by atoms with Crippen LogP contribution in [0.1, 0.15) is 44.1 Å². The van der Waals surface area contributed by atoms with E-state index in [0.29, 0.717) is 30.3 Å². The Morgan fingerprint density at radius 3 is 2.55 bits per heavy atom. The van der Waals surface area contributed by atoms with Crippen LogP contribution in [0.5, 0.6) is 0 Å². The maximum atomic E-state index is 12.7. The Bertz CT molecular complexity index is 1020. The molecule has 2 aromatic rings. The summed E-state index contributed by atoms with van der Waals surface area (Å²) in [5, 5.41) is 7.66. The standard InChI is InChI=1S/C26H30N4O/c31-23-12-6-9-19-15-26(16-20-13-14-30(23)24(19)20)25(27-17-18-7-2-1-3-8-18)28-21-10-4-5-11-22(21)29-26/h1-5,7-8,10-11,19-20,24,29H,6,9,12-17H2,(H,27,28)/t19-,20+,24-,26+/m1/s1. The summed E-state index contributed by atoms with van der Waals surface area (Å²) >= 11 is 0. The molecule has 4 atom stereocenters. The molecule has 1 aliphatic carbocycles. The van der Waals surface area contributed by atoms with Crippen molar-refractivity contribution in [1.29, 1.82) is 0 Å². The molecular weight excluding hydrogens is 384 g/mol. The lowest BCUT2D eigenvalue weighted by Crippen LogP contribution is -2.60. The number of hydrogen-bond donors (Lipinski definition) is 2. The average molecular weight is 415 g/mol. The van der Waals surface area contributed by atoms with Crippen LogP contribution < -0.4 is 10.6 Å². The van der Waals surface area contributed by atoms with Crippen LogP contribution in [-0.4, -0.2) is 34.8 Å². The summed E-state index contributed by atoms with van der Waals surface area (Å²) in [5.41, 5.74) is 3.31. The first kappa shape index (κ1) is 18.9. The maximum Gasteiger partial charge on any atom is 0.222 e. The van der Waals surface area contributed by atoms with Gasteiger partial charge in [0, 0.05) is 19.0 Å². The van der Waals surface area contributed by atoms with Gasteiger partial charge < -0.3 is 15.5 Å². The normalized spacial score (nSPS) is 32.8. The molecule has 0 unspecified atom stereocenters. The fraction of sp³-hybridized carbons (Fsp3) is 0.462. The van der Waals surface area contributed by atoms with E-state index in [2.05, 4.69) is 70.1 Å². The third kappa shape index (κ3) is 3.22. The molecule has 5 nitrogen and oxygen atoms in total. The van der Waals surface area contributed by atoms with Gasteiger partial charge in [-0.3, -0.25) is 9.79 Å². The molecule has 6 rings (SSSR count). The summed E-state index contributed by atoms with van der Waals surface area (Å²) in [7, 11) is 0. The minimum Gasteiger partial charge on any atom is -0.371 e. The van der Waals surface area contributed by atoms with Gasteiger partial charge in [0.05, 0.1) is 23.5 Å². The topological polar surface area (TPSA) is 56.7 Å². The SMILES string of the molecule is O=C1CCC[C@@H]2C[C@@]3(C[C@@H]4CCN1[C@H]24)Nc1ccccc1NC3=NCc1ccccc1. The number of amides is 1. The van der Waals surface area contributed by atoms with Crippen molar-refractivity contribution in [2.45, 2.75) is 56.7 Å². The average Bonchev–Trinajstić information content (AvgIpc) is 3.15. The summed E-state index contributed by atoms with van der Waals surface area (Å²) in [6.45, 7) is 1.61. The fourth-order valence-electron chi connectivity index (χ4n) is 6.57. The van der Waals surface area contributed by atoms with E-state index >= 15 is 0 Å². The Kier molecular flexibility index (Phi) is 4.51. The second kappa shape index (κ2) is 7.40. The number of carbonyl (C=O) groups is 1. The molecule has 2 saturated heterocycles. The summed E-state index contributed by atoms with van der Waals surface area (Å²) in [5.74, 6) is 2.53. The van der Waals surface area contributed by atoms with Crippen molar-refractivity contribution in [3.05, 3.63) is 60.2 Å². The number of para-hydroxylation sites is 2. The molecule has 2 aromatic carbocycles. The maximum absolute atomic E-state index is 12.7. The third-order valence-electron chi connectivity index (χ3n) is 7.84. The van der Waals surface area contributed by atoms with E-state index < -0.39 is 0 Å². The smallest absolute Gasteiger partial charge is 0.222 e. The molecule has 1 spiro atoms. The Balaban J connectivity index is 1.38. The number of anilines is 2. The van der Waals surface area contributed by atoms with Crippen molar-refractivity contribution in [2.24, 2.45) is 16.8 Å². The van der Waals surface area contributed by atoms with Crippen molar-refractivity contribution >= 4 is 23.1 Å². The van der Waals surface area contributed by atoms with Gasteiger partial charge >= 0.3 is 0 Å². The first-order valence-corrected chi connectivity index (χ1v) is 11.7. The Morgan fingerprint density at radius 1 is 0.968 bits per heavy atom. The Hall–Kier alpha value is -2.82. The minimum absolute atomic E-state index is 0.182. The fourth-order valence-corrected chi connectivity index (χ4v) is 6.57. The van der Waals surface area contributed by atoms with Gasteiger partial charge in [0.1, 0.15) is 5.84 Å². The van der Waals surface area contributed by atoms with Crippen molar-refractivity contribution in [3.8, 4) is 0 Å². The molecule has 4 aliphatic rings. The van der Waals surface area contributed by atoms with E-state index in [9.17, 15) is 4.79 Å². The van der Waals surface area contributed by atoms with E-state index in [1.165, 1.54) is 11.3 Å². The van der Waals surface area contributed by atoms with Gasteiger partial charge in [0.25, 0.3) is 0 Å². The molecule has 0 aromatic heterocycles. The highest BCUT2D eigenvalue weighted by Crippen LogP contribution is 2.50. The van der Waals surface area contributed by atoms with Crippen LogP contribution >= 0.6 is 0 Å². The molecule has 2 N–H and O–H groups in total. The van der Waals surface area contributed by atoms with E-state index in [4.69, 9.17) is 4.99 Å². The van der Waals surface area contributed by atoms with E-state index in [1.807, 2.05) is 0 Å². The van der Waals surface area contributed by atoms with E-state index in [-0.39, 0.29) is 5.54 Å².